The minimum absolute atomic E-state index is 0.154. The third-order valence-electron chi connectivity index (χ3n) is 3.26. The van der Waals surface area contributed by atoms with E-state index in [0.29, 0.717) is 18.9 Å². The number of anilines is 1. The van der Waals surface area contributed by atoms with Crippen molar-refractivity contribution in [3.05, 3.63) is 53.6 Å². The van der Waals surface area contributed by atoms with Crippen LogP contribution in [-0.4, -0.2) is 16.8 Å². The summed E-state index contributed by atoms with van der Waals surface area (Å²) in [4.78, 5) is 0. The molecule has 0 bridgehead atoms. The van der Waals surface area contributed by atoms with Crippen LogP contribution in [0.2, 0.25) is 0 Å². The predicted octanol–water partition coefficient (Wildman–Crippen LogP) is 3.46. The van der Waals surface area contributed by atoms with E-state index >= 15 is 0 Å². The van der Waals surface area contributed by atoms with Crippen molar-refractivity contribution in [2.75, 3.05) is 11.9 Å². The molecule has 1 unspecified atom stereocenters. The number of nitrogens with one attached hydrogen (secondary N) is 1. The van der Waals surface area contributed by atoms with Gasteiger partial charge in [-0.1, -0.05) is 30.3 Å². The molecule has 0 amide bonds. The summed E-state index contributed by atoms with van der Waals surface area (Å²) in [5, 5.41) is 23.2. The molecule has 0 saturated carbocycles. The molecule has 4 nitrogen and oxygen atoms in total. The van der Waals surface area contributed by atoms with E-state index in [1.165, 1.54) is 0 Å². The van der Waals surface area contributed by atoms with Crippen molar-refractivity contribution < 1.29 is 14.9 Å². The summed E-state index contributed by atoms with van der Waals surface area (Å²) in [7, 11) is 0. The Morgan fingerprint density at radius 1 is 1.14 bits per heavy atom. The maximum absolute atomic E-state index is 10.2. The lowest BCUT2D eigenvalue weighted by Gasteiger charge is -2.15. The first-order valence-electron chi connectivity index (χ1n) is 7.08. The Hall–Kier alpha value is -2.20. The van der Waals surface area contributed by atoms with E-state index in [2.05, 4.69) is 5.32 Å². The molecular formula is C17H21NO3. The van der Waals surface area contributed by atoms with Crippen LogP contribution in [0.3, 0.4) is 0 Å². The van der Waals surface area contributed by atoms with Crippen LogP contribution in [0, 0.1) is 0 Å². The highest BCUT2D eigenvalue weighted by atomic mass is 16.5. The largest absolute Gasteiger partial charge is 0.504 e. The van der Waals surface area contributed by atoms with Crippen LogP contribution in [0.15, 0.2) is 42.5 Å². The van der Waals surface area contributed by atoms with E-state index in [4.69, 9.17) is 4.74 Å². The highest BCUT2D eigenvalue weighted by molar-refractivity contribution is 5.54. The third-order valence-corrected chi connectivity index (χ3v) is 3.26. The van der Waals surface area contributed by atoms with Gasteiger partial charge in [0.2, 0.25) is 0 Å². The summed E-state index contributed by atoms with van der Waals surface area (Å²) in [6.07, 6.45) is -0.544. The lowest BCUT2D eigenvalue weighted by atomic mass is 10.1. The zero-order chi connectivity index (χ0) is 15.2. The second-order valence-electron chi connectivity index (χ2n) is 4.81. The summed E-state index contributed by atoms with van der Waals surface area (Å²) in [5.41, 5.74) is 2.44. The molecule has 3 N–H and O–H groups in total. The smallest absolute Gasteiger partial charge is 0.162 e. The molecule has 0 fully saturated rings. The molecule has 21 heavy (non-hydrogen) atoms. The van der Waals surface area contributed by atoms with Gasteiger partial charge in [-0.2, -0.15) is 0 Å². The molecular weight excluding hydrogens is 266 g/mol. The van der Waals surface area contributed by atoms with Crippen molar-refractivity contribution in [1.29, 1.82) is 0 Å². The number of aliphatic hydroxyl groups is 1. The van der Waals surface area contributed by atoms with Gasteiger partial charge in [0.15, 0.2) is 11.5 Å². The molecule has 0 aliphatic rings. The second-order valence-corrected chi connectivity index (χ2v) is 4.81. The van der Waals surface area contributed by atoms with E-state index in [1.54, 1.807) is 13.0 Å². The first-order chi connectivity index (χ1) is 10.1. The summed E-state index contributed by atoms with van der Waals surface area (Å²) < 4.78 is 5.37. The van der Waals surface area contributed by atoms with Crippen LogP contribution in [0.1, 0.15) is 31.1 Å². The molecule has 0 spiro atoms. The van der Waals surface area contributed by atoms with Crippen LogP contribution >= 0.6 is 0 Å². The SMILES string of the molecule is CCOc1cccc(CNc2ccccc2C(C)O)c1O. The standard InChI is InChI=1S/C17H21NO3/c1-3-21-16-10-6-7-13(17(16)20)11-18-15-9-5-4-8-14(15)12(2)19/h4-10,12,18-20H,3,11H2,1-2H3. The molecule has 0 heterocycles. The second kappa shape index (κ2) is 6.99. The van der Waals surface area contributed by atoms with Gasteiger partial charge < -0.3 is 20.3 Å². The number of aliphatic hydroxyl groups excluding tert-OH is 1. The fourth-order valence-electron chi connectivity index (χ4n) is 2.20. The van der Waals surface area contributed by atoms with Crippen LogP contribution in [0.4, 0.5) is 5.69 Å². The van der Waals surface area contributed by atoms with E-state index in [-0.39, 0.29) is 5.75 Å². The van der Waals surface area contributed by atoms with Crippen LogP contribution < -0.4 is 10.1 Å². The number of hydrogen-bond donors (Lipinski definition) is 3. The zero-order valence-corrected chi connectivity index (χ0v) is 12.3. The maximum Gasteiger partial charge on any atom is 0.162 e. The molecule has 2 rings (SSSR count). The summed E-state index contributed by atoms with van der Waals surface area (Å²) in [6, 6.07) is 13.0. The van der Waals surface area contributed by atoms with E-state index in [0.717, 1.165) is 16.8 Å². The number of aromatic hydroxyl groups is 1. The highest BCUT2D eigenvalue weighted by Crippen LogP contribution is 2.31. The van der Waals surface area contributed by atoms with E-state index in [1.807, 2.05) is 43.3 Å². The van der Waals surface area contributed by atoms with Crippen LogP contribution in [-0.2, 0) is 6.54 Å². The fourth-order valence-corrected chi connectivity index (χ4v) is 2.20. The molecule has 2 aromatic rings. The van der Waals surface area contributed by atoms with E-state index in [9.17, 15) is 10.2 Å². The number of para-hydroxylation sites is 2. The summed E-state index contributed by atoms with van der Waals surface area (Å²) in [5.74, 6) is 0.641. The van der Waals surface area contributed by atoms with Gasteiger partial charge >= 0.3 is 0 Å². The van der Waals surface area contributed by atoms with Crippen molar-refractivity contribution in [2.45, 2.75) is 26.5 Å². The van der Waals surface area contributed by atoms with Crippen LogP contribution in [0.25, 0.3) is 0 Å². The Bertz CT molecular complexity index is 596. The van der Waals surface area contributed by atoms with Crippen molar-refractivity contribution in [1.82, 2.24) is 0 Å². The molecule has 0 radical (unpaired) electrons. The lowest BCUT2D eigenvalue weighted by molar-refractivity contribution is 0.200. The first-order valence-corrected chi connectivity index (χ1v) is 7.08. The molecule has 0 saturated heterocycles. The van der Waals surface area contributed by atoms with Gasteiger partial charge in [-0.3, -0.25) is 0 Å². The average Bonchev–Trinajstić information content (AvgIpc) is 2.48. The number of phenolic OH excluding ortho intramolecular Hbond substituents is 1. The quantitative estimate of drug-likeness (QED) is 0.761. The number of hydrogen-bond acceptors (Lipinski definition) is 4. The minimum atomic E-state index is -0.544. The van der Waals surface area contributed by atoms with Gasteiger partial charge in [0.05, 0.1) is 12.7 Å². The van der Waals surface area contributed by atoms with Gasteiger partial charge in [-0.05, 0) is 26.0 Å². The van der Waals surface area contributed by atoms with Crippen molar-refractivity contribution in [2.24, 2.45) is 0 Å². The maximum atomic E-state index is 10.2. The Kier molecular flexibility index (Phi) is 5.06. The number of benzene rings is 2. The number of rotatable bonds is 6. The minimum Gasteiger partial charge on any atom is -0.504 e. The Labute approximate surface area is 125 Å². The van der Waals surface area contributed by atoms with Gasteiger partial charge in [0.1, 0.15) is 0 Å². The summed E-state index contributed by atoms with van der Waals surface area (Å²) in [6.45, 7) is 4.57. The molecule has 4 heteroatoms. The Balaban J connectivity index is 2.15. The molecule has 0 aromatic heterocycles. The molecule has 0 aliphatic carbocycles. The Morgan fingerprint density at radius 3 is 2.62 bits per heavy atom. The van der Waals surface area contributed by atoms with Gasteiger partial charge in [0, 0.05) is 23.4 Å². The third kappa shape index (κ3) is 3.67. The summed E-state index contributed by atoms with van der Waals surface area (Å²) >= 11 is 0. The molecule has 2 aromatic carbocycles. The number of ether oxygens (including phenoxy) is 1. The van der Waals surface area contributed by atoms with Crippen molar-refractivity contribution in [3.63, 3.8) is 0 Å². The van der Waals surface area contributed by atoms with Gasteiger partial charge in [-0.15, -0.1) is 0 Å². The number of phenols is 1. The van der Waals surface area contributed by atoms with Crippen molar-refractivity contribution in [3.8, 4) is 11.5 Å². The topological polar surface area (TPSA) is 61.7 Å². The normalized spacial score (nSPS) is 12.0. The molecule has 1 atom stereocenters. The van der Waals surface area contributed by atoms with Gasteiger partial charge in [-0.25, -0.2) is 0 Å². The molecule has 112 valence electrons. The average molecular weight is 287 g/mol. The first kappa shape index (κ1) is 15.2. The van der Waals surface area contributed by atoms with E-state index < -0.39 is 6.10 Å². The molecule has 0 aliphatic heterocycles. The van der Waals surface area contributed by atoms with Crippen molar-refractivity contribution >= 4 is 5.69 Å². The van der Waals surface area contributed by atoms with Crippen LogP contribution in [0.5, 0.6) is 11.5 Å². The zero-order valence-electron chi connectivity index (χ0n) is 12.3. The lowest BCUT2D eigenvalue weighted by Crippen LogP contribution is -2.05. The fraction of sp³-hybridized carbons (Fsp3) is 0.294. The Morgan fingerprint density at radius 2 is 1.90 bits per heavy atom. The predicted molar refractivity (Wildman–Crippen MR) is 83.7 cm³/mol. The highest BCUT2D eigenvalue weighted by Gasteiger charge is 2.10. The monoisotopic (exact) mass is 287 g/mol. The van der Waals surface area contributed by atoms with Gasteiger partial charge in [0.25, 0.3) is 0 Å².